The maximum atomic E-state index is 4.60. The quantitative estimate of drug-likeness (QED) is 0.250. The van der Waals surface area contributed by atoms with Crippen molar-refractivity contribution < 1.29 is 0 Å². The van der Waals surface area contributed by atoms with Gasteiger partial charge in [-0.2, -0.15) is 0 Å². The minimum Gasteiger partial charge on any atom is -0.294 e. The standard InChI is InChI=1S/C27H31N3/c1-2-27(29-22-25-15-8-4-9-16-25)30(23-26-17-10-5-11-18-26)20-12-19-28-21-24-13-6-3-7-14-24/h2-11,13-19,27,29H,1,12,20-23H2. The van der Waals surface area contributed by atoms with Crippen LogP contribution in [0.15, 0.2) is 109 Å². The van der Waals surface area contributed by atoms with Crippen molar-refractivity contribution in [3.63, 3.8) is 0 Å². The van der Waals surface area contributed by atoms with Gasteiger partial charge < -0.3 is 0 Å². The van der Waals surface area contributed by atoms with E-state index >= 15 is 0 Å². The molecular formula is C27H31N3. The topological polar surface area (TPSA) is 27.6 Å². The molecule has 3 aromatic carbocycles. The second-order valence-electron chi connectivity index (χ2n) is 7.30. The molecule has 3 heteroatoms. The van der Waals surface area contributed by atoms with Crippen LogP contribution in [0.3, 0.4) is 0 Å². The first-order valence-electron chi connectivity index (χ1n) is 10.5. The first-order valence-corrected chi connectivity index (χ1v) is 10.5. The van der Waals surface area contributed by atoms with E-state index in [0.29, 0.717) is 0 Å². The molecule has 3 nitrogen and oxygen atoms in total. The lowest BCUT2D eigenvalue weighted by Crippen LogP contribution is -2.44. The van der Waals surface area contributed by atoms with Crippen molar-refractivity contribution in [1.29, 1.82) is 0 Å². The van der Waals surface area contributed by atoms with Crippen LogP contribution >= 0.6 is 0 Å². The Kier molecular flexibility index (Phi) is 9.06. The van der Waals surface area contributed by atoms with Gasteiger partial charge in [0.1, 0.15) is 0 Å². The average molecular weight is 398 g/mol. The molecule has 0 aliphatic carbocycles. The zero-order valence-electron chi connectivity index (χ0n) is 17.5. The first kappa shape index (κ1) is 21.7. The van der Waals surface area contributed by atoms with Crippen molar-refractivity contribution in [2.24, 2.45) is 4.99 Å². The Morgan fingerprint density at radius 2 is 1.37 bits per heavy atom. The van der Waals surface area contributed by atoms with Crippen LogP contribution in [0.5, 0.6) is 0 Å². The average Bonchev–Trinajstić information content (AvgIpc) is 2.81. The van der Waals surface area contributed by atoms with E-state index in [1.165, 1.54) is 16.7 Å². The number of rotatable bonds is 12. The summed E-state index contributed by atoms with van der Waals surface area (Å²) in [6, 6.07) is 31.4. The highest BCUT2D eigenvalue weighted by atomic mass is 15.3. The number of nitrogens with one attached hydrogen (secondary N) is 1. The lowest BCUT2D eigenvalue weighted by atomic mass is 10.2. The van der Waals surface area contributed by atoms with Gasteiger partial charge in [-0.25, -0.2) is 0 Å². The molecule has 0 radical (unpaired) electrons. The molecule has 0 fully saturated rings. The Morgan fingerprint density at radius 3 is 1.97 bits per heavy atom. The second-order valence-corrected chi connectivity index (χ2v) is 7.30. The van der Waals surface area contributed by atoms with Crippen LogP contribution in [0.2, 0.25) is 0 Å². The van der Waals surface area contributed by atoms with Crippen LogP contribution in [0, 0.1) is 0 Å². The van der Waals surface area contributed by atoms with Crippen LogP contribution in [0.25, 0.3) is 0 Å². The number of benzene rings is 3. The molecule has 30 heavy (non-hydrogen) atoms. The molecule has 1 unspecified atom stereocenters. The van der Waals surface area contributed by atoms with Gasteiger partial charge >= 0.3 is 0 Å². The zero-order valence-corrected chi connectivity index (χ0v) is 17.5. The van der Waals surface area contributed by atoms with Crippen molar-refractivity contribution in [2.45, 2.75) is 32.2 Å². The fraction of sp³-hybridized carbons (Fsp3) is 0.222. The first-order chi connectivity index (χ1) is 14.8. The highest BCUT2D eigenvalue weighted by Crippen LogP contribution is 2.10. The molecule has 154 valence electrons. The third-order valence-corrected chi connectivity index (χ3v) is 4.99. The lowest BCUT2D eigenvalue weighted by molar-refractivity contribution is 0.195. The van der Waals surface area contributed by atoms with Crippen LogP contribution < -0.4 is 5.32 Å². The Hall–Kier alpha value is -3.01. The fourth-order valence-electron chi connectivity index (χ4n) is 3.38. The Balaban J connectivity index is 1.58. The maximum absolute atomic E-state index is 4.60. The summed E-state index contributed by atoms with van der Waals surface area (Å²) in [5, 5.41) is 3.64. The summed E-state index contributed by atoms with van der Waals surface area (Å²) >= 11 is 0. The number of nitrogens with zero attached hydrogens (tertiary/aromatic N) is 2. The Bertz CT molecular complexity index is 876. The monoisotopic (exact) mass is 397 g/mol. The van der Waals surface area contributed by atoms with Gasteiger partial charge in [0.05, 0.1) is 12.7 Å². The second kappa shape index (κ2) is 12.5. The minimum absolute atomic E-state index is 0.0907. The predicted molar refractivity (Wildman–Crippen MR) is 127 cm³/mol. The van der Waals surface area contributed by atoms with Gasteiger partial charge in [0, 0.05) is 25.8 Å². The Morgan fingerprint density at radius 1 is 0.800 bits per heavy atom. The van der Waals surface area contributed by atoms with Crippen LogP contribution in [0.1, 0.15) is 23.1 Å². The third-order valence-electron chi connectivity index (χ3n) is 4.99. The third kappa shape index (κ3) is 7.43. The fourth-order valence-corrected chi connectivity index (χ4v) is 3.38. The summed E-state index contributed by atoms with van der Waals surface area (Å²) in [4.78, 5) is 7.02. The van der Waals surface area contributed by atoms with Gasteiger partial charge in [-0.15, -0.1) is 6.58 Å². The molecule has 1 N–H and O–H groups in total. The summed E-state index contributed by atoms with van der Waals surface area (Å²) < 4.78 is 0. The molecule has 3 aromatic rings. The summed E-state index contributed by atoms with van der Waals surface area (Å²) in [5.74, 6) is 0. The van der Waals surface area contributed by atoms with E-state index in [1.54, 1.807) is 0 Å². The molecule has 0 aromatic heterocycles. The molecule has 0 heterocycles. The van der Waals surface area contributed by atoms with Gasteiger partial charge in [0.25, 0.3) is 0 Å². The van der Waals surface area contributed by atoms with Crippen LogP contribution in [-0.4, -0.2) is 23.8 Å². The van der Waals surface area contributed by atoms with E-state index in [4.69, 9.17) is 0 Å². The van der Waals surface area contributed by atoms with Gasteiger partial charge in [0.2, 0.25) is 0 Å². The van der Waals surface area contributed by atoms with Gasteiger partial charge in [-0.05, 0) is 23.1 Å². The minimum atomic E-state index is 0.0907. The molecule has 0 aliphatic heterocycles. The summed E-state index contributed by atoms with van der Waals surface area (Å²) in [7, 11) is 0. The summed E-state index contributed by atoms with van der Waals surface area (Å²) in [6.07, 6.45) is 5.03. The van der Waals surface area contributed by atoms with Crippen molar-refractivity contribution in [1.82, 2.24) is 10.2 Å². The SMILES string of the molecule is C=CC(NCc1ccccc1)N(CCC=NCc1ccccc1)Cc1ccccc1. The maximum Gasteiger partial charge on any atom is 0.0792 e. The molecule has 0 bridgehead atoms. The van der Waals surface area contributed by atoms with E-state index in [-0.39, 0.29) is 6.17 Å². The molecule has 0 spiro atoms. The van der Waals surface area contributed by atoms with Crippen LogP contribution in [-0.2, 0) is 19.6 Å². The van der Waals surface area contributed by atoms with Crippen molar-refractivity contribution >= 4 is 6.21 Å². The van der Waals surface area contributed by atoms with Gasteiger partial charge in [-0.1, -0.05) is 97.1 Å². The molecule has 3 rings (SSSR count). The predicted octanol–water partition coefficient (Wildman–Crippen LogP) is 5.45. The molecule has 0 aliphatic rings. The smallest absolute Gasteiger partial charge is 0.0792 e. The van der Waals surface area contributed by atoms with Crippen molar-refractivity contribution in [2.75, 3.05) is 6.54 Å². The largest absolute Gasteiger partial charge is 0.294 e. The number of hydrogen-bond donors (Lipinski definition) is 1. The number of aliphatic imine (C=N–C) groups is 1. The van der Waals surface area contributed by atoms with Gasteiger partial charge in [0.15, 0.2) is 0 Å². The van der Waals surface area contributed by atoms with E-state index in [0.717, 1.165) is 32.6 Å². The summed E-state index contributed by atoms with van der Waals surface area (Å²) in [5.41, 5.74) is 3.81. The van der Waals surface area contributed by atoms with Crippen LogP contribution in [0.4, 0.5) is 0 Å². The van der Waals surface area contributed by atoms with Crippen molar-refractivity contribution in [3.05, 3.63) is 120 Å². The molecule has 0 saturated heterocycles. The molecule has 0 saturated carbocycles. The summed E-state index contributed by atoms with van der Waals surface area (Å²) in [6.45, 7) is 7.40. The van der Waals surface area contributed by atoms with Gasteiger partial charge in [-0.3, -0.25) is 15.2 Å². The zero-order chi connectivity index (χ0) is 20.9. The highest BCUT2D eigenvalue weighted by Gasteiger charge is 2.15. The molecule has 0 amide bonds. The normalized spacial score (nSPS) is 12.3. The van der Waals surface area contributed by atoms with Crippen molar-refractivity contribution in [3.8, 4) is 0 Å². The van der Waals surface area contributed by atoms with E-state index < -0.39 is 0 Å². The van der Waals surface area contributed by atoms with E-state index in [2.05, 4.69) is 101 Å². The number of hydrogen-bond acceptors (Lipinski definition) is 3. The highest BCUT2D eigenvalue weighted by molar-refractivity contribution is 5.57. The Labute approximate surface area is 180 Å². The van der Waals surface area contributed by atoms with E-state index in [9.17, 15) is 0 Å². The van der Waals surface area contributed by atoms with E-state index in [1.807, 2.05) is 24.4 Å². The lowest BCUT2D eigenvalue weighted by Gasteiger charge is -2.30. The molecule has 1 atom stereocenters. The molecular weight excluding hydrogens is 366 g/mol.